The molecule has 0 saturated heterocycles. The van der Waals surface area contributed by atoms with Gasteiger partial charge in [-0.15, -0.1) is 0 Å². The first-order valence-corrected chi connectivity index (χ1v) is 6.02. The van der Waals surface area contributed by atoms with Crippen LogP contribution in [0.5, 0.6) is 0 Å². The third-order valence-corrected chi connectivity index (χ3v) is 2.72. The van der Waals surface area contributed by atoms with Gasteiger partial charge in [0.2, 0.25) is 5.95 Å². The number of aryl methyl sites for hydroxylation is 1. The molecule has 90 valence electrons. The second-order valence-corrected chi connectivity index (χ2v) is 4.79. The van der Waals surface area contributed by atoms with Crippen LogP contribution in [0.3, 0.4) is 0 Å². The lowest BCUT2D eigenvalue weighted by molar-refractivity contribution is 0.863. The molecule has 2 aromatic rings. The van der Waals surface area contributed by atoms with Gasteiger partial charge in [0.15, 0.2) is 0 Å². The molecular weight excluding hydrogens is 234 g/mol. The van der Waals surface area contributed by atoms with E-state index >= 15 is 0 Å². The molecule has 0 atom stereocenters. The Balaban J connectivity index is 2.45. The van der Waals surface area contributed by atoms with Gasteiger partial charge in [0.05, 0.1) is 5.69 Å². The van der Waals surface area contributed by atoms with Crippen LogP contribution in [0.15, 0.2) is 30.6 Å². The molecule has 3 nitrogen and oxygen atoms in total. The molecule has 0 aliphatic carbocycles. The number of aromatic nitrogens is 2. The SMILES string of the molecule is Cc1ccc(Cl)cc1-n1ccnc1NC(C)C. The van der Waals surface area contributed by atoms with E-state index in [0.717, 1.165) is 16.7 Å². The van der Waals surface area contributed by atoms with Crippen LogP contribution in [0.4, 0.5) is 5.95 Å². The Bertz CT molecular complexity index is 517. The van der Waals surface area contributed by atoms with E-state index < -0.39 is 0 Å². The Labute approximate surface area is 106 Å². The summed E-state index contributed by atoms with van der Waals surface area (Å²) in [5, 5.41) is 4.04. The lowest BCUT2D eigenvalue weighted by atomic mass is 10.2. The number of halogens is 1. The number of rotatable bonds is 3. The highest BCUT2D eigenvalue weighted by Crippen LogP contribution is 2.22. The number of nitrogens with zero attached hydrogens (tertiary/aromatic N) is 2. The summed E-state index contributed by atoms with van der Waals surface area (Å²) in [6.07, 6.45) is 3.72. The average Bonchev–Trinajstić information content (AvgIpc) is 2.69. The quantitative estimate of drug-likeness (QED) is 0.900. The molecule has 0 unspecified atom stereocenters. The van der Waals surface area contributed by atoms with Crippen molar-refractivity contribution in [3.8, 4) is 5.69 Å². The minimum absolute atomic E-state index is 0.343. The second kappa shape index (κ2) is 4.80. The van der Waals surface area contributed by atoms with E-state index in [1.54, 1.807) is 6.20 Å². The van der Waals surface area contributed by atoms with Crippen molar-refractivity contribution in [1.82, 2.24) is 9.55 Å². The molecule has 0 saturated carbocycles. The zero-order valence-corrected chi connectivity index (χ0v) is 11.0. The van der Waals surface area contributed by atoms with Crippen molar-refractivity contribution in [2.75, 3.05) is 5.32 Å². The van der Waals surface area contributed by atoms with Gasteiger partial charge in [-0.05, 0) is 38.5 Å². The number of nitrogens with one attached hydrogen (secondary N) is 1. The number of imidazole rings is 1. The molecule has 4 heteroatoms. The van der Waals surface area contributed by atoms with E-state index in [0.29, 0.717) is 6.04 Å². The maximum absolute atomic E-state index is 6.04. The topological polar surface area (TPSA) is 29.9 Å². The molecule has 0 aliphatic rings. The van der Waals surface area contributed by atoms with Gasteiger partial charge in [-0.3, -0.25) is 4.57 Å². The van der Waals surface area contributed by atoms with Gasteiger partial charge in [-0.25, -0.2) is 4.98 Å². The number of hydrogen-bond acceptors (Lipinski definition) is 2. The van der Waals surface area contributed by atoms with E-state index in [1.807, 2.05) is 29.0 Å². The third-order valence-electron chi connectivity index (χ3n) is 2.49. The van der Waals surface area contributed by atoms with Crippen molar-refractivity contribution >= 4 is 17.5 Å². The average molecular weight is 250 g/mol. The van der Waals surface area contributed by atoms with Crippen molar-refractivity contribution in [3.63, 3.8) is 0 Å². The Morgan fingerprint density at radius 2 is 2.12 bits per heavy atom. The largest absolute Gasteiger partial charge is 0.353 e. The summed E-state index contributed by atoms with van der Waals surface area (Å²) in [4.78, 5) is 4.31. The molecule has 0 fully saturated rings. The molecule has 0 aliphatic heterocycles. The Hall–Kier alpha value is -1.48. The van der Waals surface area contributed by atoms with Crippen LogP contribution in [0.2, 0.25) is 5.02 Å². The molecule has 1 heterocycles. The van der Waals surface area contributed by atoms with Crippen molar-refractivity contribution in [3.05, 3.63) is 41.2 Å². The highest BCUT2D eigenvalue weighted by Gasteiger charge is 2.08. The van der Waals surface area contributed by atoms with Crippen molar-refractivity contribution < 1.29 is 0 Å². The molecule has 1 aromatic carbocycles. The molecule has 1 aromatic heterocycles. The van der Waals surface area contributed by atoms with Crippen molar-refractivity contribution in [2.24, 2.45) is 0 Å². The van der Waals surface area contributed by atoms with Gasteiger partial charge in [-0.1, -0.05) is 17.7 Å². The normalized spacial score (nSPS) is 10.9. The van der Waals surface area contributed by atoms with Crippen molar-refractivity contribution in [2.45, 2.75) is 26.8 Å². The van der Waals surface area contributed by atoms with Gasteiger partial charge in [0.25, 0.3) is 0 Å². The lowest BCUT2D eigenvalue weighted by Crippen LogP contribution is -2.14. The summed E-state index contributed by atoms with van der Waals surface area (Å²) in [7, 11) is 0. The summed E-state index contributed by atoms with van der Waals surface area (Å²) in [5.74, 6) is 0.838. The van der Waals surface area contributed by atoms with Crippen LogP contribution in [0.1, 0.15) is 19.4 Å². The molecule has 17 heavy (non-hydrogen) atoms. The van der Waals surface area contributed by atoms with Crippen LogP contribution in [0.25, 0.3) is 5.69 Å². The maximum atomic E-state index is 6.04. The fraction of sp³-hybridized carbons (Fsp3) is 0.308. The molecule has 1 N–H and O–H groups in total. The first kappa shape index (κ1) is 12.0. The number of benzene rings is 1. The zero-order valence-electron chi connectivity index (χ0n) is 10.2. The maximum Gasteiger partial charge on any atom is 0.207 e. The molecular formula is C13H16ClN3. The number of anilines is 1. The third kappa shape index (κ3) is 2.61. The minimum Gasteiger partial charge on any atom is -0.353 e. The molecule has 0 amide bonds. The summed E-state index contributed by atoms with van der Waals surface area (Å²) in [5.41, 5.74) is 2.22. The molecule has 0 radical (unpaired) electrons. The first-order chi connectivity index (χ1) is 8.08. The first-order valence-electron chi connectivity index (χ1n) is 5.64. The fourth-order valence-corrected chi connectivity index (χ4v) is 1.87. The van der Waals surface area contributed by atoms with Crippen LogP contribution >= 0.6 is 11.6 Å². The van der Waals surface area contributed by atoms with Crippen molar-refractivity contribution in [1.29, 1.82) is 0 Å². The predicted molar refractivity (Wildman–Crippen MR) is 72.1 cm³/mol. The summed E-state index contributed by atoms with van der Waals surface area (Å²) in [6, 6.07) is 6.20. The monoisotopic (exact) mass is 249 g/mol. The minimum atomic E-state index is 0.343. The Morgan fingerprint density at radius 1 is 1.35 bits per heavy atom. The fourth-order valence-electron chi connectivity index (χ4n) is 1.70. The lowest BCUT2D eigenvalue weighted by Gasteiger charge is -2.14. The molecule has 0 spiro atoms. The van der Waals surface area contributed by atoms with Gasteiger partial charge in [-0.2, -0.15) is 0 Å². The smallest absolute Gasteiger partial charge is 0.207 e. The Morgan fingerprint density at radius 3 is 2.82 bits per heavy atom. The van der Waals surface area contributed by atoms with E-state index in [9.17, 15) is 0 Å². The van der Waals surface area contributed by atoms with Crippen LogP contribution < -0.4 is 5.32 Å². The van der Waals surface area contributed by atoms with Crippen LogP contribution in [0, 0.1) is 6.92 Å². The molecule has 0 bridgehead atoms. The highest BCUT2D eigenvalue weighted by atomic mass is 35.5. The summed E-state index contributed by atoms with van der Waals surface area (Å²) in [6.45, 7) is 6.23. The highest BCUT2D eigenvalue weighted by molar-refractivity contribution is 6.30. The van der Waals surface area contributed by atoms with E-state index in [1.165, 1.54) is 5.56 Å². The summed E-state index contributed by atoms with van der Waals surface area (Å²) < 4.78 is 2.02. The van der Waals surface area contributed by atoms with Gasteiger partial charge >= 0.3 is 0 Å². The molecule has 2 rings (SSSR count). The zero-order chi connectivity index (χ0) is 12.4. The van der Waals surface area contributed by atoms with E-state index in [-0.39, 0.29) is 0 Å². The predicted octanol–water partition coefficient (Wildman–Crippen LogP) is 3.65. The Kier molecular flexibility index (Phi) is 3.38. The summed E-state index contributed by atoms with van der Waals surface area (Å²) >= 11 is 6.04. The second-order valence-electron chi connectivity index (χ2n) is 4.35. The number of hydrogen-bond donors (Lipinski definition) is 1. The van der Waals surface area contributed by atoms with Gasteiger partial charge in [0.1, 0.15) is 0 Å². The van der Waals surface area contributed by atoms with Gasteiger partial charge < -0.3 is 5.32 Å². The van der Waals surface area contributed by atoms with E-state index in [2.05, 4.69) is 31.1 Å². The van der Waals surface area contributed by atoms with E-state index in [4.69, 9.17) is 11.6 Å². The van der Waals surface area contributed by atoms with Crippen LogP contribution in [-0.4, -0.2) is 15.6 Å². The standard InChI is InChI=1S/C13H16ClN3/c1-9(2)16-13-15-6-7-17(13)12-8-11(14)5-4-10(12)3/h4-9H,1-3H3,(H,15,16). The van der Waals surface area contributed by atoms with Gasteiger partial charge in [0, 0.05) is 23.5 Å². The van der Waals surface area contributed by atoms with Crippen LogP contribution in [-0.2, 0) is 0 Å².